The molecule has 1 fully saturated rings. The molecule has 0 aromatic heterocycles. The van der Waals surface area contributed by atoms with E-state index in [4.69, 9.17) is 23.2 Å². The van der Waals surface area contributed by atoms with Crippen molar-refractivity contribution in [1.29, 1.82) is 0 Å². The molecule has 1 aliphatic carbocycles. The predicted octanol–water partition coefficient (Wildman–Crippen LogP) is 5.23. The third-order valence-corrected chi connectivity index (χ3v) is 4.54. The van der Waals surface area contributed by atoms with Crippen LogP contribution in [0, 0.1) is 11.8 Å². The van der Waals surface area contributed by atoms with Crippen LogP contribution < -0.4 is 5.32 Å². The molecular formula is C14H19Cl2N. The van der Waals surface area contributed by atoms with Crippen LogP contribution in [0.25, 0.3) is 0 Å². The summed E-state index contributed by atoms with van der Waals surface area (Å²) in [6.45, 7) is 4.66. The second kappa shape index (κ2) is 5.49. The molecule has 0 amide bonds. The Labute approximate surface area is 114 Å². The van der Waals surface area contributed by atoms with E-state index in [9.17, 15) is 0 Å². The topological polar surface area (TPSA) is 12.0 Å². The Kier molecular flexibility index (Phi) is 4.22. The summed E-state index contributed by atoms with van der Waals surface area (Å²) in [5, 5.41) is 4.93. The summed E-state index contributed by atoms with van der Waals surface area (Å²) in [5.74, 6) is 1.59. The van der Waals surface area contributed by atoms with Gasteiger partial charge in [0.15, 0.2) is 0 Å². The minimum atomic E-state index is 0.499. The van der Waals surface area contributed by atoms with Crippen molar-refractivity contribution >= 4 is 28.9 Å². The Morgan fingerprint density at radius 1 is 1.06 bits per heavy atom. The molecule has 3 atom stereocenters. The highest BCUT2D eigenvalue weighted by molar-refractivity contribution is 6.39. The van der Waals surface area contributed by atoms with Gasteiger partial charge in [-0.25, -0.2) is 0 Å². The minimum Gasteiger partial charge on any atom is -0.380 e. The van der Waals surface area contributed by atoms with Crippen molar-refractivity contribution in [3.63, 3.8) is 0 Å². The lowest BCUT2D eigenvalue weighted by atomic mass is 9.79. The maximum Gasteiger partial charge on any atom is 0.0721 e. The highest BCUT2D eigenvalue weighted by atomic mass is 35.5. The average molecular weight is 272 g/mol. The first-order chi connectivity index (χ1) is 8.08. The molecule has 0 saturated heterocycles. The van der Waals surface area contributed by atoms with Crippen molar-refractivity contribution in [2.24, 2.45) is 11.8 Å². The Morgan fingerprint density at radius 2 is 1.71 bits per heavy atom. The fraction of sp³-hybridized carbons (Fsp3) is 0.571. The maximum atomic E-state index is 6.17. The summed E-state index contributed by atoms with van der Waals surface area (Å²) in [6, 6.07) is 6.13. The second-order valence-corrected chi connectivity index (χ2v) is 6.02. The molecule has 3 unspecified atom stereocenters. The van der Waals surface area contributed by atoms with E-state index in [1.165, 1.54) is 19.3 Å². The number of nitrogens with one attached hydrogen (secondary N) is 1. The number of rotatable bonds is 2. The van der Waals surface area contributed by atoms with Crippen LogP contribution in [0.15, 0.2) is 18.2 Å². The second-order valence-electron chi connectivity index (χ2n) is 5.21. The third-order valence-electron chi connectivity index (χ3n) is 3.91. The van der Waals surface area contributed by atoms with Gasteiger partial charge in [-0.15, -0.1) is 0 Å². The number of hydrogen-bond acceptors (Lipinski definition) is 1. The molecule has 1 aliphatic rings. The Hall–Kier alpha value is -0.400. The molecule has 1 aromatic rings. The first kappa shape index (κ1) is 13.0. The molecule has 2 rings (SSSR count). The van der Waals surface area contributed by atoms with Gasteiger partial charge in [-0.2, -0.15) is 0 Å². The number of hydrogen-bond donors (Lipinski definition) is 1. The SMILES string of the molecule is CC1CCC(Nc2c(Cl)cccc2Cl)CC1C. The van der Waals surface area contributed by atoms with Gasteiger partial charge in [0.05, 0.1) is 15.7 Å². The van der Waals surface area contributed by atoms with Gasteiger partial charge in [0.25, 0.3) is 0 Å². The van der Waals surface area contributed by atoms with Gasteiger partial charge in [-0.05, 0) is 43.2 Å². The number of halogens is 2. The van der Waals surface area contributed by atoms with Crippen molar-refractivity contribution in [2.75, 3.05) is 5.32 Å². The van der Waals surface area contributed by atoms with Gasteiger partial charge in [-0.1, -0.05) is 43.1 Å². The molecule has 1 aromatic carbocycles. The Bertz CT molecular complexity index is 372. The normalized spacial score (nSPS) is 29.1. The number of benzene rings is 1. The van der Waals surface area contributed by atoms with Crippen LogP contribution in [0.1, 0.15) is 33.1 Å². The van der Waals surface area contributed by atoms with E-state index < -0.39 is 0 Å². The van der Waals surface area contributed by atoms with E-state index in [2.05, 4.69) is 19.2 Å². The molecule has 3 heteroatoms. The quantitative estimate of drug-likeness (QED) is 0.777. The fourth-order valence-electron chi connectivity index (χ4n) is 2.52. The monoisotopic (exact) mass is 271 g/mol. The van der Waals surface area contributed by atoms with Crippen LogP contribution >= 0.6 is 23.2 Å². The molecule has 1 saturated carbocycles. The largest absolute Gasteiger partial charge is 0.380 e. The summed E-state index contributed by atoms with van der Waals surface area (Å²) >= 11 is 12.3. The lowest BCUT2D eigenvalue weighted by molar-refractivity contribution is 0.261. The fourth-order valence-corrected chi connectivity index (χ4v) is 3.03. The molecule has 0 heterocycles. The molecule has 0 radical (unpaired) electrons. The summed E-state index contributed by atoms with van der Waals surface area (Å²) in [4.78, 5) is 0. The van der Waals surface area contributed by atoms with Gasteiger partial charge in [0.2, 0.25) is 0 Å². The van der Waals surface area contributed by atoms with Crippen molar-refractivity contribution in [3.8, 4) is 0 Å². The van der Waals surface area contributed by atoms with E-state index in [0.29, 0.717) is 16.1 Å². The highest BCUT2D eigenvalue weighted by Crippen LogP contribution is 2.35. The van der Waals surface area contributed by atoms with Gasteiger partial charge < -0.3 is 5.32 Å². The van der Waals surface area contributed by atoms with E-state index in [1.807, 2.05) is 18.2 Å². The third kappa shape index (κ3) is 3.08. The molecule has 0 bridgehead atoms. The van der Waals surface area contributed by atoms with Crippen molar-refractivity contribution in [2.45, 2.75) is 39.2 Å². The predicted molar refractivity (Wildman–Crippen MR) is 76.1 cm³/mol. The van der Waals surface area contributed by atoms with E-state index in [-0.39, 0.29) is 0 Å². The lowest BCUT2D eigenvalue weighted by Gasteiger charge is -2.33. The van der Waals surface area contributed by atoms with Crippen LogP contribution in [0.4, 0.5) is 5.69 Å². The summed E-state index contributed by atoms with van der Waals surface area (Å²) < 4.78 is 0. The first-order valence-corrected chi connectivity index (χ1v) is 7.04. The molecule has 0 spiro atoms. The Morgan fingerprint density at radius 3 is 2.29 bits per heavy atom. The highest BCUT2D eigenvalue weighted by Gasteiger charge is 2.25. The zero-order chi connectivity index (χ0) is 12.4. The van der Waals surface area contributed by atoms with Gasteiger partial charge >= 0.3 is 0 Å². The zero-order valence-corrected chi connectivity index (χ0v) is 11.9. The van der Waals surface area contributed by atoms with Crippen LogP contribution in [-0.2, 0) is 0 Å². The lowest BCUT2D eigenvalue weighted by Crippen LogP contribution is -2.30. The van der Waals surface area contributed by atoms with Crippen LogP contribution in [0.2, 0.25) is 10.0 Å². The standard InChI is InChI=1S/C14H19Cl2N/c1-9-6-7-11(8-10(9)2)17-14-12(15)4-3-5-13(14)16/h3-5,9-11,17H,6-8H2,1-2H3. The summed E-state index contributed by atoms with van der Waals surface area (Å²) in [7, 11) is 0. The molecule has 1 N–H and O–H groups in total. The van der Waals surface area contributed by atoms with E-state index in [1.54, 1.807) is 0 Å². The molecule has 94 valence electrons. The van der Waals surface area contributed by atoms with Gasteiger partial charge in [-0.3, -0.25) is 0 Å². The molecule has 17 heavy (non-hydrogen) atoms. The van der Waals surface area contributed by atoms with Crippen molar-refractivity contribution in [3.05, 3.63) is 28.2 Å². The molecule has 1 nitrogen and oxygen atoms in total. The van der Waals surface area contributed by atoms with Crippen molar-refractivity contribution in [1.82, 2.24) is 0 Å². The number of anilines is 1. The maximum absolute atomic E-state index is 6.17. The number of para-hydroxylation sites is 1. The zero-order valence-electron chi connectivity index (χ0n) is 10.3. The van der Waals surface area contributed by atoms with Crippen molar-refractivity contribution < 1.29 is 0 Å². The van der Waals surface area contributed by atoms with E-state index in [0.717, 1.165) is 17.5 Å². The Balaban J connectivity index is 2.06. The summed E-state index contributed by atoms with van der Waals surface area (Å²) in [6.07, 6.45) is 3.68. The van der Waals surface area contributed by atoms with Crippen LogP contribution in [0.5, 0.6) is 0 Å². The van der Waals surface area contributed by atoms with Crippen LogP contribution in [-0.4, -0.2) is 6.04 Å². The molecular weight excluding hydrogens is 253 g/mol. The van der Waals surface area contributed by atoms with Gasteiger partial charge in [0.1, 0.15) is 0 Å². The average Bonchev–Trinajstić information content (AvgIpc) is 2.28. The molecule has 0 aliphatic heterocycles. The smallest absolute Gasteiger partial charge is 0.0721 e. The van der Waals surface area contributed by atoms with E-state index >= 15 is 0 Å². The minimum absolute atomic E-state index is 0.499. The first-order valence-electron chi connectivity index (χ1n) is 6.28. The summed E-state index contributed by atoms with van der Waals surface area (Å²) in [5.41, 5.74) is 0.891. The van der Waals surface area contributed by atoms with Crippen LogP contribution in [0.3, 0.4) is 0 Å². The van der Waals surface area contributed by atoms with Gasteiger partial charge in [0, 0.05) is 6.04 Å².